The fraction of sp³-hybridized carbons (Fsp3) is 0.429. The zero-order valence-electron chi connectivity index (χ0n) is 15.9. The van der Waals surface area contributed by atoms with Gasteiger partial charge in [0, 0.05) is 38.8 Å². The SMILES string of the molecule is CN(C)c1ncc2c(n1)C1(CCCN(c3cnc4ccccc4n3)C1)CC2. The Labute approximate surface area is 159 Å². The van der Waals surface area contributed by atoms with Crippen molar-refractivity contribution in [1.82, 2.24) is 19.9 Å². The normalized spacial score (nSPS) is 21.6. The molecule has 0 radical (unpaired) electrons. The maximum absolute atomic E-state index is 4.96. The topological polar surface area (TPSA) is 58.0 Å². The van der Waals surface area contributed by atoms with Crippen LogP contribution < -0.4 is 9.80 Å². The first-order valence-corrected chi connectivity index (χ1v) is 9.65. The second-order valence-corrected chi connectivity index (χ2v) is 7.96. The van der Waals surface area contributed by atoms with Crippen molar-refractivity contribution in [3.05, 3.63) is 47.9 Å². The van der Waals surface area contributed by atoms with E-state index in [2.05, 4.69) is 14.9 Å². The summed E-state index contributed by atoms with van der Waals surface area (Å²) < 4.78 is 0. The highest BCUT2D eigenvalue weighted by Crippen LogP contribution is 2.44. The molecule has 1 saturated heterocycles. The molecule has 0 saturated carbocycles. The summed E-state index contributed by atoms with van der Waals surface area (Å²) in [6, 6.07) is 8.07. The molecular formula is C21H24N6. The molecule has 1 fully saturated rings. The molecule has 5 rings (SSSR count). The summed E-state index contributed by atoms with van der Waals surface area (Å²) in [4.78, 5) is 23.4. The van der Waals surface area contributed by atoms with Gasteiger partial charge in [-0.3, -0.25) is 4.98 Å². The van der Waals surface area contributed by atoms with Crippen LogP contribution in [0, 0.1) is 0 Å². The second kappa shape index (κ2) is 6.15. The third-order valence-electron chi connectivity index (χ3n) is 5.96. The third-order valence-corrected chi connectivity index (χ3v) is 5.96. The lowest BCUT2D eigenvalue weighted by Crippen LogP contribution is -2.46. The number of anilines is 2. The lowest BCUT2D eigenvalue weighted by molar-refractivity contribution is 0.333. The molecule has 6 nitrogen and oxygen atoms in total. The van der Waals surface area contributed by atoms with E-state index < -0.39 is 0 Å². The molecule has 0 amide bonds. The number of aromatic nitrogens is 4. The number of fused-ring (bicyclic) bond motifs is 3. The predicted octanol–water partition coefficient (Wildman–Crippen LogP) is 2.97. The van der Waals surface area contributed by atoms with Gasteiger partial charge in [-0.1, -0.05) is 12.1 Å². The molecule has 2 aliphatic rings. The first-order chi connectivity index (χ1) is 13.1. The van der Waals surface area contributed by atoms with Crippen LogP contribution in [0.25, 0.3) is 11.0 Å². The van der Waals surface area contributed by atoms with Crippen LogP contribution >= 0.6 is 0 Å². The number of hydrogen-bond donors (Lipinski definition) is 0. The van der Waals surface area contributed by atoms with E-state index in [1.54, 1.807) is 0 Å². The molecule has 1 atom stereocenters. The van der Waals surface area contributed by atoms with E-state index in [9.17, 15) is 0 Å². The van der Waals surface area contributed by atoms with E-state index in [4.69, 9.17) is 9.97 Å². The Morgan fingerprint density at radius 1 is 1.00 bits per heavy atom. The molecule has 0 bridgehead atoms. The quantitative estimate of drug-likeness (QED) is 0.700. The van der Waals surface area contributed by atoms with Crippen molar-refractivity contribution < 1.29 is 0 Å². The molecule has 1 aromatic carbocycles. The summed E-state index contributed by atoms with van der Waals surface area (Å²) in [5, 5.41) is 0. The van der Waals surface area contributed by atoms with Gasteiger partial charge in [-0.25, -0.2) is 15.0 Å². The van der Waals surface area contributed by atoms with Crippen molar-refractivity contribution in [3.63, 3.8) is 0 Å². The van der Waals surface area contributed by atoms with Crippen molar-refractivity contribution in [2.24, 2.45) is 0 Å². The minimum atomic E-state index is 0.106. The van der Waals surface area contributed by atoms with Gasteiger partial charge in [-0.15, -0.1) is 0 Å². The number of benzene rings is 1. The molecular weight excluding hydrogens is 336 g/mol. The van der Waals surface area contributed by atoms with Gasteiger partial charge < -0.3 is 9.80 Å². The molecule has 6 heteroatoms. The minimum absolute atomic E-state index is 0.106. The Morgan fingerprint density at radius 2 is 1.85 bits per heavy atom. The van der Waals surface area contributed by atoms with E-state index in [1.165, 1.54) is 17.7 Å². The highest BCUT2D eigenvalue weighted by atomic mass is 15.2. The molecule has 2 aromatic heterocycles. The largest absolute Gasteiger partial charge is 0.354 e. The zero-order chi connectivity index (χ0) is 18.4. The first kappa shape index (κ1) is 16.4. The molecule has 1 aliphatic heterocycles. The van der Waals surface area contributed by atoms with Gasteiger partial charge in [-0.05, 0) is 43.4 Å². The van der Waals surface area contributed by atoms with Gasteiger partial charge in [0.2, 0.25) is 5.95 Å². The Kier molecular flexibility index (Phi) is 3.74. The van der Waals surface area contributed by atoms with E-state index >= 15 is 0 Å². The summed E-state index contributed by atoms with van der Waals surface area (Å²) in [5.74, 6) is 1.78. The van der Waals surface area contributed by atoms with Crippen molar-refractivity contribution in [1.29, 1.82) is 0 Å². The van der Waals surface area contributed by atoms with Gasteiger partial charge in [0.1, 0.15) is 5.82 Å². The Hall–Kier alpha value is -2.76. The molecule has 1 unspecified atom stereocenters. The Balaban J connectivity index is 1.50. The summed E-state index contributed by atoms with van der Waals surface area (Å²) in [6.45, 7) is 1.98. The van der Waals surface area contributed by atoms with Crippen LogP contribution in [-0.2, 0) is 11.8 Å². The maximum Gasteiger partial charge on any atom is 0.225 e. The number of piperidine rings is 1. The maximum atomic E-state index is 4.96. The monoisotopic (exact) mass is 360 g/mol. The van der Waals surface area contributed by atoms with Gasteiger partial charge >= 0.3 is 0 Å². The minimum Gasteiger partial charge on any atom is -0.354 e. The Morgan fingerprint density at radius 3 is 2.70 bits per heavy atom. The molecule has 3 aromatic rings. The van der Waals surface area contributed by atoms with E-state index in [0.717, 1.165) is 55.2 Å². The highest BCUT2D eigenvalue weighted by Gasteiger charge is 2.44. The van der Waals surface area contributed by atoms with Crippen molar-refractivity contribution >= 4 is 22.8 Å². The smallest absolute Gasteiger partial charge is 0.225 e. The third kappa shape index (κ3) is 2.71. The Bertz CT molecular complexity index is 997. The first-order valence-electron chi connectivity index (χ1n) is 9.65. The van der Waals surface area contributed by atoms with Crippen molar-refractivity contribution in [2.45, 2.75) is 31.1 Å². The molecule has 138 valence electrons. The standard InChI is InChI=1S/C21H24N6/c1-26(2)20-23-12-15-8-10-21(19(15)25-20)9-5-11-27(14-21)18-13-22-16-6-3-4-7-17(16)24-18/h3-4,6-7,12-13H,5,8-11,14H2,1-2H3. The number of hydrogen-bond acceptors (Lipinski definition) is 6. The van der Waals surface area contributed by atoms with Crippen molar-refractivity contribution in [3.8, 4) is 0 Å². The number of aryl methyl sites for hydroxylation is 1. The number of para-hydroxylation sites is 2. The summed E-state index contributed by atoms with van der Waals surface area (Å²) in [7, 11) is 4.00. The van der Waals surface area contributed by atoms with Gasteiger partial charge in [-0.2, -0.15) is 0 Å². The van der Waals surface area contributed by atoms with Crippen LogP contribution in [0.15, 0.2) is 36.7 Å². The summed E-state index contributed by atoms with van der Waals surface area (Å²) >= 11 is 0. The molecule has 1 spiro atoms. The fourth-order valence-corrected chi connectivity index (χ4v) is 4.57. The molecule has 1 aliphatic carbocycles. The van der Waals surface area contributed by atoms with Gasteiger partial charge in [0.25, 0.3) is 0 Å². The van der Waals surface area contributed by atoms with Crippen LogP contribution in [0.5, 0.6) is 0 Å². The molecule has 27 heavy (non-hydrogen) atoms. The van der Waals surface area contributed by atoms with Gasteiger partial charge in [0.05, 0.1) is 22.9 Å². The predicted molar refractivity (Wildman–Crippen MR) is 107 cm³/mol. The van der Waals surface area contributed by atoms with Gasteiger partial charge in [0.15, 0.2) is 0 Å². The van der Waals surface area contributed by atoms with Crippen LogP contribution in [0.1, 0.15) is 30.5 Å². The number of rotatable bonds is 2. The highest BCUT2D eigenvalue weighted by molar-refractivity contribution is 5.75. The average Bonchev–Trinajstić information content (AvgIpc) is 3.05. The summed E-state index contributed by atoms with van der Waals surface area (Å²) in [6.07, 6.45) is 8.49. The average molecular weight is 360 g/mol. The van der Waals surface area contributed by atoms with Crippen LogP contribution in [0.2, 0.25) is 0 Å². The van der Waals surface area contributed by atoms with Crippen LogP contribution in [0.3, 0.4) is 0 Å². The zero-order valence-corrected chi connectivity index (χ0v) is 15.9. The van der Waals surface area contributed by atoms with E-state index in [-0.39, 0.29) is 5.41 Å². The second-order valence-electron chi connectivity index (χ2n) is 7.96. The summed E-state index contributed by atoms with van der Waals surface area (Å²) in [5.41, 5.74) is 4.57. The molecule has 3 heterocycles. The fourth-order valence-electron chi connectivity index (χ4n) is 4.57. The lowest BCUT2D eigenvalue weighted by Gasteiger charge is -2.41. The van der Waals surface area contributed by atoms with Crippen LogP contribution in [0.4, 0.5) is 11.8 Å². The van der Waals surface area contributed by atoms with E-state index in [1.807, 2.05) is 55.7 Å². The lowest BCUT2D eigenvalue weighted by atomic mass is 9.77. The van der Waals surface area contributed by atoms with Crippen molar-refractivity contribution in [2.75, 3.05) is 37.0 Å². The van der Waals surface area contributed by atoms with E-state index in [0.29, 0.717) is 0 Å². The van der Waals surface area contributed by atoms with Crippen LogP contribution in [-0.4, -0.2) is 47.1 Å². The molecule has 0 N–H and O–H groups in total. The number of nitrogens with zero attached hydrogens (tertiary/aromatic N) is 6.